The van der Waals surface area contributed by atoms with E-state index < -0.39 is 0 Å². The first-order valence-electron chi connectivity index (χ1n) is 6.89. The lowest BCUT2D eigenvalue weighted by Crippen LogP contribution is -1.97. The van der Waals surface area contributed by atoms with Gasteiger partial charge in [0, 0.05) is 28.4 Å². The van der Waals surface area contributed by atoms with E-state index in [4.69, 9.17) is 21.1 Å². The number of nitrogens with zero attached hydrogens (tertiary/aromatic N) is 2. The van der Waals surface area contributed by atoms with Crippen molar-refractivity contribution in [3.63, 3.8) is 0 Å². The second-order valence-electron chi connectivity index (χ2n) is 5.01. The molecule has 0 spiro atoms. The van der Waals surface area contributed by atoms with Gasteiger partial charge in [0.2, 0.25) is 6.79 Å². The lowest BCUT2D eigenvalue weighted by molar-refractivity contribution is 0.174. The van der Waals surface area contributed by atoms with Crippen molar-refractivity contribution in [1.29, 1.82) is 5.26 Å². The van der Waals surface area contributed by atoms with Crippen LogP contribution < -0.4 is 14.8 Å². The van der Waals surface area contributed by atoms with Gasteiger partial charge in [0.25, 0.3) is 0 Å². The normalized spacial score (nSPS) is 12.2. The molecule has 0 aliphatic carbocycles. The molecule has 0 bridgehead atoms. The summed E-state index contributed by atoms with van der Waals surface area (Å²) in [6.45, 7) is 0.218. The molecule has 1 aliphatic rings. The van der Waals surface area contributed by atoms with Gasteiger partial charge in [0.15, 0.2) is 11.5 Å². The fourth-order valence-corrected chi connectivity index (χ4v) is 2.67. The van der Waals surface area contributed by atoms with Gasteiger partial charge >= 0.3 is 0 Å². The van der Waals surface area contributed by atoms with Gasteiger partial charge in [-0.15, -0.1) is 0 Å². The van der Waals surface area contributed by atoms with Crippen molar-refractivity contribution in [2.45, 2.75) is 0 Å². The summed E-state index contributed by atoms with van der Waals surface area (Å²) in [4.78, 5) is 4.29. The summed E-state index contributed by atoms with van der Waals surface area (Å²) in [7, 11) is 0. The molecule has 0 amide bonds. The molecule has 3 aromatic rings. The molecule has 0 atom stereocenters. The van der Waals surface area contributed by atoms with E-state index in [9.17, 15) is 5.26 Å². The standard InChI is InChI=1S/C17H10ClN3O2/c18-11-1-3-14-13(5-11)17(10(7-19)8-20-14)21-12-2-4-15-16(6-12)23-9-22-15/h1-6,8H,9H2,(H,20,21). The number of hydrogen-bond donors (Lipinski definition) is 1. The average molecular weight is 324 g/mol. The number of hydrogen-bond acceptors (Lipinski definition) is 5. The number of halogens is 1. The maximum Gasteiger partial charge on any atom is 0.231 e. The van der Waals surface area contributed by atoms with Crippen LogP contribution in [0.25, 0.3) is 10.9 Å². The number of fused-ring (bicyclic) bond motifs is 2. The molecule has 1 N–H and O–H groups in total. The molecular formula is C17H10ClN3O2. The number of nitrogens with one attached hydrogen (secondary N) is 1. The molecule has 0 saturated heterocycles. The molecule has 2 aromatic carbocycles. The first-order valence-corrected chi connectivity index (χ1v) is 7.27. The molecule has 0 radical (unpaired) electrons. The number of pyridine rings is 1. The average Bonchev–Trinajstić information content (AvgIpc) is 3.03. The van der Waals surface area contributed by atoms with E-state index in [0.29, 0.717) is 27.8 Å². The largest absolute Gasteiger partial charge is 0.454 e. The van der Waals surface area contributed by atoms with Gasteiger partial charge in [0.1, 0.15) is 6.07 Å². The monoisotopic (exact) mass is 323 g/mol. The topological polar surface area (TPSA) is 67.2 Å². The third-order valence-corrected chi connectivity index (χ3v) is 3.83. The van der Waals surface area contributed by atoms with Gasteiger partial charge in [-0.25, -0.2) is 0 Å². The van der Waals surface area contributed by atoms with Crippen LogP contribution in [0.15, 0.2) is 42.6 Å². The Labute approximate surface area is 137 Å². The summed E-state index contributed by atoms with van der Waals surface area (Å²) in [5.74, 6) is 1.38. The fourth-order valence-electron chi connectivity index (χ4n) is 2.50. The van der Waals surface area contributed by atoms with Gasteiger partial charge in [-0.2, -0.15) is 5.26 Å². The number of benzene rings is 2. The van der Waals surface area contributed by atoms with Crippen LogP contribution in [0.1, 0.15) is 5.56 Å². The van der Waals surface area contributed by atoms with E-state index in [1.165, 1.54) is 0 Å². The quantitative estimate of drug-likeness (QED) is 0.764. The van der Waals surface area contributed by atoms with E-state index in [0.717, 1.165) is 16.6 Å². The van der Waals surface area contributed by atoms with Crippen molar-refractivity contribution >= 4 is 33.9 Å². The van der Waals surface area contributed by atoms with Crippen molar-refractivity contribution in [2.24, 2.45) is 0 Å². The van der Waals surface area contributed by atoms with Crippen LogP contribution >= 0.6 is 11.6 Å². The van der Waals surface area contributed by atoms with Crippen LogP contribution in [-0.2, 0) is 0 Å². The van der Waals surface area contributed by atoms with Crippen LogP contribution in [0, 0.1) is 11.3 Å². The number of ether oxygens (including phenoxy) is 2. The molecule has 6 heteroatoms. The van der Waals surface area contributed by atoms with Crippen LogP contribution in [0.2, 0.25) is 5.02 Å². The molecule has 2 heterocycles. The van der Waals surface area contributed by atoms with Crippen LogP contribution in [0.5, 0.6) is 11.5 Å². The molecule has 0 saturated carbocycles. The second kappa shape index (κ2) is 5.34. The van der Waals surface area contributed by atoms with E-state index in [2.05, 4.69) is 16.4 Å². The minimum atomic E-state index is 0.218. The SMILES string of the molecule is N#Cc1cnc2ccc(Cl)cc2c1Nc1ccc2c(c1)OCO2. The lowest BCUT2D eigenvalue weighted by atomic mass is 10.1. The minimum Gasteiger partial charge on any atom is -0.454 e. The Morgan fingerprint density at radius 2 is 2.00 bits per heavy atom. The Balaban J connectivity index is 1.84. The highest BCUT2D eigenvalue weighted by atomic mass is 35.5. The van der Waals surface area contributed by atoms with E-state index in [1.54, 1.807) is 18.3 Å². The van der Waals surface area contributed by atoms with E-state index in [-0.39, 0.29) is 6.79 Å². The van der Waals surface area contributed by atoms with Crippen molar-refractivity contribution < 1.29 is 9.47 Å². The summed E-state index contributed by atoms with van der Waals surface area (Å²) in [6.07, 6.45) is 1.55. The highest BCUT2D eigenvalue weighted by molar-refractivity contribution is 6.31. The number of nitriles is 1. The van der Waals surface area contributed by atoms with Crippen molar-refractivity contribution in [3.05, 3.63) is 53.2 Å². The fraction of sp³-hybridized carbons (Fsp3) is 0.0588. The van der Waals surface area contributed by atoms with Gasteiger partial charge in [-0.1, -0.05) is 11.6 Å². The van der Waals surface area contributed by atoms with E-state index >= 15 is 0 Å². The van der Waals surface area contributed by atoms with Crippen molar-refractivity contribution in [3.8, 4) is 17.6 Å². The summed E-state index contributed by atoms with van der Waals surface area (Å²) in [6, 6.07) is 13.1. The Hall–Kier alpha value is -2.97. The highest BCUT2D eigenvalue weighted by Gasteiger charge is 2.15. The van der Waals surface area contributed by atoms with Gasteiger partial charge in [-0.05, 0) is 30.3 Å². The molecule has 0 unspecified atom stereocenters. The third-order valence-electron chi connectivity index (χ3n) is 3.59. The van der Waals surface area contributed by atoms with Crippen LogP contribution in [0.3, 0.4) is 0 Å². The van der Waals surface area contributed by atoms with Gasteiger partial charge in [-0.3, -0.25) is 4.98 Å². The van der Waals surface area contributed by atoms with Gasteiger partial charge in [0.05, 0.1) is 16.8 Å². The Kier molecular flexibility index (Phi) is 3.18. The first kappa shape index (κ1) is 13.7. The maximum absolute atomic E-state index is 9.37. The first-order chi connectivity index (χ1) is 11.2. The summed E-state index contributed by atoms with van der Waals surface area (Å²) < 4.78 is 10.7. The predicted octanol–water partition coefficient (Wildman–Crippen LogP) is 4.23. The predicted molar refractivity (Wildman–Crippen MR) is 87.3 cm³/mol. The molecule has 4 rings (SSSR count). The second-order valence-corrected chi connectivity index (χ2v) is 5.45. The number of rotatable bonds is 2. The number of aromatic nitrogens is 1. The van der Waals surface area contributed by atoms with E-state index in [1.807, 2.05) is 24.3 Å². The number of anilines is 2. The molecule has 1 aliphatic heterocycles. The third kappa shape index (κ3) is 2.39. The molecular weight excluding hydrogens is 314 g/mol. The smallest absolute Gasteiger partial charge is 0.231 e. The highest BCUT2D eigenvalue weighted by Crippen LogP contribution is 2.37. The zero-order chi connectivity index (χ0) is 15.8. The molecule has 1 aromatic heterocycles. The summed E-state index contributed by atoms with van der Waals surface area (Å²) in [5, 5.41) is 14.0. The maximum atomic E-state index is 9.37. The van der Waals surface area contributed by atoms with Crippen molar-refractivity contribution in [1.82, 2.24) is 4.98 Å². The van der Waals surface area contributed by atoms with Crippen molar-refractivity contribution in [2.75, 3.05) is 12.1 Å². The zero-order valence-corrected chi connectivity index (χ0v) is 12.6. The van der Waals surface area contributed by atoms with Gasteiger partial charge < -0.3 is 14.8 Å². The Bertz CT molecular complexity index is 966. The minimum absolute atomic E-state index is 0.218. The summed E-state index contributed by atoms with van der Waals surface area (Å²) >= 11 is 6.09. The lowest BCUT2D eigenvalue weighted by Gasteiger charge is -2.12. The van der Waals surface area contributed by atoms with Crippen LogP contribution in [-0.4, -0.2) is 11.8 Å². The summed E-state index contributed by atoms with van der Waals surface area (Å²) in [5.41, 5.74) is 2.66. The zero-order valence-electron chi connectivity index (χ0n) is 11.8. The molecule has 112 valence electrons. The Morgan fingerprint density at radius 3 is 2.87 bits per heavy atom. The molecule has 0 fully saturated rings. The van der Waals surface area contributed by atoms with Crippen LogP contribution in [0.4, 0.5) is 11.4 Å². The molecule has 5 nitrogen and oxygen atoms in total. The molecule has 23 heavy (non-hydrogen) atoms. The Morgan fingerprint density at radius 1 is 1.13 bits per heavy atom.